The molecule has 0 amide bonds. The van der Waals surface area contributed by atoms with Gasteiger partial charge in [0.2, 0.25) is 0 Å². The van der Waals surface area contributed by atoms with E-state index < -0.39 is 11.4 Å². The van der Waals surface area contributed by atoms with Crippen LogP contribution in [-0.2, 0) is 14.3 Å². The summed E-state index contributed by atoms with van der Waals surface area (Å²) in [5.74, 6) is -1.43. The molecule has 0 aromatic carbocycles. The molecule has 1 heterocycles. The Bertz CT molecular complexity index is 237. The maximum atomic E-state index is 11.5. The summed E-state index contributed by atoms with van der Waals surface area (Å²) in [5, 5.41) is 17.6. The minimum atomic E-state index is -1.42. The van der Waals surface area contributed by atoms with Crippen LogP contribution in [0.15, 0.2) is 0 Å². The van der Waals surface area contributed by atoms with Crippen LogP contribution < -0.4 is 0 Å². The fourth-order valence-corrected chi connectivity index (χ4v) is 1.61. The van der Waals surface area contributed by atoms with Gasteiger partial charge in [-0.25, -0.2) is 0 Å². The molecule has 0 aromatic rings. The number of carbonyl (C=O) groups is 2. The van der Waals surface area contributed by atoms with Crippen LogP contribution in [0.1, 0.15) is 19.3 Å². The highest BCUT2D eigenvalue weighted by Crippen LogP contribution is 2.30. The van der Waals surface area contributed by atoms with E-state index in [4.69, 9.17) is 14.9 Å². The van der Waals surface area contributed by atoms with Gasteiger partial charge in [0.05, 0.1) is 13.2 Å². The van der Waals surface area contributed by atoms with Gasteiger partial charge in [0.25, 0.3) is 0 Å². The van der Waals surface area contributed by atoms with Gasteiger partial charge in [0, 0.05) is 13.0 Å². The number of rotatable bonds is 4. The lowest BCUT2D eigenvalue weighted by molar-refractivity contribution is -0.165. The number of hydrogen-bond acceptors (Lipinski definition) is 4. The summed E-state index contributed by atoms with van der Waals surface area (Å²) in [6.45, 7) is 0.121. The van der Waals surface area contributed by atoms with Crippen LogP contribution in [0.4, 0.5) is 0 Å². The van der Waals surface area contributed by atoms with Gasteiger partial charge < -0.3 is 14.9 Å². The molecule has 2 N–H and O–H groups in total. The van der Waals surface area contributed by atoms with Crippen LogP contribution in [-0.4, -0.2) is 41.8 Å². The Kier molecular flexibility index (Phi) is 3.60. The Morgan fingerprint density at radius 2 is 2.29 bits per heavy atom. The Morgan fingerprint density at radius 1 is 1.57 bits per heavy atom. The van der Waals surface area contributed by atoms with Crippen molar-refractivity contribution in [2.45, 2.75) is 19.3 Å². The van der Waals surface area contributed by atoms with Crippen molar-refractivity contribution in [1.82, 2.24) is 0 Å². The van der Waals surface area contributed by atoms with Crippen molar-refractivity contribution < 1.29 is 24.5 Å². The Labute approximate surface area is 81.7 Å². The molecule has 0 bridgehead atoms. The monoisotopic (exact) mass is 202 g/mol. The largest absolute Gasteiger partial charge is 0.480 e. The molecular formula is C9H14O5. The Balaban J connectivity index is 2.78. The summed E-state index contributed by atoms with van der Waals surface area (Å²) in [4.78, 5) is 22.5. The number of ether oxygens (including phenoxy) is 1. The summed E-state index contributed by atoms with van der Waals surface area (Å²) in [6, 6.07) is 0. The average molecular weight is 202 g/mol. The quantitative estimate of drug-likeness (QED) is 0.618. The van der Waals surface area contributed by atoms with E-state index in [2.05, 4.69) is 0 Å². The Morgan fingerprint density at radius 3 is 2.79 bits per heavy atom. The number of Topliss-reactive ketones (excluding diaryl/α,β-unsaturated/α-hetero) is 1. The van der Waals surface area contributed by atoms with Gasteiger partial charge in [-0.05, 0) is 12.8 Å². The molecule has 1 rings (SSSR count). The maximum Gasteiger partial charge on any atom is 0.319 e. The number of carbonyl (C=O) groups excluding carboxylic acids is 1. The number of carboxylic acids is 1. The van der Waals surface area contributed by atoms with Crippen LogP contribution >= 0.6 is 0 Å². The standard InChI is InChI=1S/C9H14O5/c10-4-1-3-9(8(12)13)6-14-5-2-7(9)11/h10H,1-6H2,(H,12,13). The van der Waals surface area contributed by atoms with Crippen molar-refractivity contribution in [2.24, 2.45) is 5.41 Å². The summed E-state index contributed by atoms with van der Waals surface area (Å²) < 4.78 is 5.03. The van der Waals surface area contributed by atoms with E-state index in [1.165, 1.54) is 0 Å². The summed E-state index contributed by atoms with van der Waals surface area (Å²) >= 11 is 0. The van der Waals surface area contributed by atoms with Gasteiger partial charge in [-0.1, -0.05) is 0 Å². The van der Waals surface area contributed by atoms with Gasteiger partial charge in [-0.15, -0.1) is 0 Å². The first-order valence-corrected chi connectivity index (χ1v) is 4.59. The van der Waals surface area contributed by atoms with Crippen molar-refractivity contribution in [3.8, 4) is 0 Å². The van der Waals surface area contributed by atoms with Gasteiger partial charge in [-0.2, -0.15) is 0 Å². The Hall–Kier alpha value is -0.940. The number of carboxylic acid groups (broad SMARTS) is 1. The molecule has 1 unspecified atom stereocenters. The second kappa shape index (κ2) is 4.52. The highest BCUT2D eigenvalue weighted by Gasteiger charge is 2.47. The number of hydrogen-bond donors (Lipinski definition) is 2. The van der Waals surface area contributed by atoms with Crippen LogP contribution in [0.2, 0.25) is 0 Å². The fourth-order valence-electron chi connectivity index (χ4n) is 1.61. The third-order valence-corrected chi connectivity index (χ3v) is 2.53. The molecular weight excluding hydrogens is 188 g/mol. The van der Waals surface area contributed by atoms with E-state index >= 15 is 0 Å². The van der Waals surface area contributed by atoms with E-state index in [0.717, 1.165) is 0 Å². The fraction of sp³-hybridized carbons (Fsp3) is 0.778. The highest BCUT2D eigenvalue weighted by molar-refractivity contribution is 6.03. The zero-order chi connectivity index (χ0) is 10.6. The second-order valence-electron chi connectivity index (χ2n) is 3.44. The van der Waals surface area contributed by atoms with Gasteiger partial charge >= 0.3 is 5.97 Å². The molecule has 0 aliphatic carbocycles. The zero-order valence-corrected chi connectivity index (χ0v) is 7.86. The minimum absolute atomic E-state index is 0.0683. The van der Waals surface area contributed by atoms with E-state index in [1.807, 2.05) is 0 Å². The maximum absolute atomic E-state index is 11.5. The summed E-state index contributed by atoms with van der Waals surface area (Å²) in [5.41, 5.74) is -1.42. The predicted molar refractivity (Wildman–Crippen MR) is 46.8 cm³/mol. The first-order chi connectivity index (χ1) is 6.63. The molecule has 0 aromatic heterocycles. The van der Waals surface area contributed by atoms with Crippen molar-refractivity contribution in [1.29, 1.82) is 0 Å². The summed E-state index contributed by atoms with van der Waals surface area (Å²) in [7, 11) is 0. The number of aliphatic hydroxyl groups excluding tert-OH is 1. The van der Waals surface area contributed by atoms with E-state index in [9.17, 15) is 9.59 Å². The second-order valence-corrected chi connectivity index (χ2v) is 3.44. The lowest BCUT2D eigenvalue weighted by Crippen LogP contribution is -2.47. The molecule has 14 heavy (non-hydrogen) atoms. The van der Waals surface area contributed by atoms with Crippen molar-refractivity contribution in [2.75, 3.05) is 19.8 Å². The van der Waals surface area contributed by atoms with Crippen LogP contribution in [0.5, 0.6) is 0 Å². The smallest absolute Gasteiger partial charge is 0.319 e. The molecule has 1 aliphatic rings. The zero-order valence-electron chi connectivity index (χ0n) is 7.86. The van der Waals surface area contributed by atoms with Gasteiger partial charge in [0.1, 0.15) is 5.41 Å². The third-order valence-electron chi connectivity index (χ3n) is 2.53. The highest BCUT2D eigenvalue weighted by atomic mass is 16.5. The molecule has 1 fully saturated rings. The summed E-state index contributed by atoms with van der Waals surface area (Å²) in [6.07, 6.45) is 0.608. The number of ketones is 1. The van der Waals surface area contributed by atoms with E-state index in [-0.39, 0.29) is 31.8 Å². The van der Waals surface area contributed by atoms with E-state index in [1.54, 1.807) is 0 Å². The first-order valence-electron chi connectivity index (χ1n) is 4.59. The molecule has 80 valence electrons. The number of aliphatic hydroxyl groups is 1. The lowest BCUT2D eigenvalue weighted by Gasteiger charge is -2.31. The minimum Gasteiger partial charge on any atom is -0.480 e. The molecule has 1 aliphatic heterocycles. The predicted octanol–water partition coefficient (Wildman–Crippen LogP) is -0.181. The molecule has 1 atom stereocenters. The molecule has 0 radical (unpaired) electrons. The van der Waals surface area contributed by atoms with Crippen molar-refractivity contribution in [3.63, 3.8) is 0 Å². The first kappa shape index (κ1) is 11.1. The van der Waals surface area contributed by atoms with Crippen LogP contribution in [0.3, 0.4) is 0 Å². The molecule has 5 nitrogen and oxygen atoms in total. The SMILES string of the molecule is O=C(O)C1(CCCO)COCCC1=O. The van der Waals surface area contributed by atoms with Gasteiger partial charge in [0.15, 0.2) is 5.78 Å². The van der Waals surface area contributed by atoms with Crippen LogP contribution in [0.25, 0.3) is 0 Å². The molecule has 0 spiro atoms. The number of aliphatic carboxylic acids is 1. The van der Waals surface area contributed by atoms with Crippen molar-refractivity contribution in [3.05, 3.63) is 0 Å². The average Bonchev–Trinajstić information content (AvgIpc) is 2.16. The normalized spacial score (nSPS) is 27.6. The molecule has 5 heteroatoms. The molecule has 1 saturated heterocycles. The van der Waals surface area contributed by atoms with Crippen molar-refractivity contribution >= 4 is 11.8 Å². The van der Waals surface area contributed by atoms with E-state index in [0.29, 0.717) is 13.0 Å². The van der Waals surface area contributed by atoms with Crippen LogP contribution in [0, 0.1) is 5.41 Å². The lowest BCUT2D eigenvalue weighted by atomic mass is 9.77. The third kappa shape index (κ3) is 1.93. The topological polar surface area (TPSA) is 83.8 Å². The molecule has 0 saturated carbocycles. The van der Waals surface area contributed by atoms with Gasteiger partial charge in [-0.3, -0.25) is 9.59 Å².